The summed E-state index contributed by atoms with van der Waals surface area (Å²) in [6.07, 6.45) is 4.16. The molecule has 6 heteroatoms. The Bertz CT molecular complexity index is 820. The van der Waals surface area contributed by atoms with Gasteiger partial charge in [0, 0.05) is 11.8 Å². The first-order valence-electron chi connectivity index (χ1n) is 10.4. The highest BCUT2D eigenvalue weighted by Crippen LogP contribution is 2.63. The van der Waals surface area contributed by atoms with Crippen molar-refractivity contribution in [1.82, 2.24) is 0 Å². The Morgan fingerprint density at radius 1 is 0.900 bits per heavy atom. The van der Waals surface area contributed by atoms with Crippen molar-refractivity contribution in [3.05, 3.63) is 59.7 Å². The smallest absolute Gasteiger partial charge is 0.324 e. The van der Waals surface area contributed by atoms with Gasteiger partial charge in [-0.25, -0.2) is 0 Å². The lowest BCUT2D eigenvalue weighted by atomic mass is 9.49. The molecule has 0 bridgehead atoms. The molecular weight excluding hydrogens is 384 g/mol. The Morgan fingerprint density at radius 2 is 1.40 bits per heavy atom. The van der Waals surface area contributed by atoms with Crippen molar-refractivity contribution in [3.63, 3.8) is 0 Å². The quantitative estimate of drug-likeness (QED) is 0.317. The first kappa shape index (κ1) is 21.7. The summed E-state index contributed by atoms with van der Waals surface area (Å²) in [5, 5.41) is 29.4. The SMILES string of the molecule is CCCCCCOC(=O)C1(C(=O)O)C(c2ccc(O)cc2)CC1c1ccc(O)cc1. The van der Waals surface area contributed by atoms with Crippen molar-refractivity contribution < 1.29 is 29.6 Å². The summed E-state index contributed by atoms with van der Waals surface area (Å²) >= 11 is 0. The number of phenols is 2. The number of carbonyl (C=O) groups is 2. The van der Waals surface area contributed by atoms with Crippen LogP contribution in [0.1, 0.15) is 62.0 Å². The maximum atomic E-state index is 13.2. The largest absolute Gasteiger partial charge is 0.508 e. The van der Waals surface area contributed by atoms with E-state index in [0.717, 1.165) is 19.3 Å². The van der Waals surface area contributed by atoms with Crippen LogP contribution in [0.15, 0.2) is 48.5 Å². The molecule has 3 rings (SSSR count). The number of benzene rings is 2. The van der Waals surface area contributed by atoms with Gasteiger partial charge in [0.1, 0.15) is 11.5 Å². The lowest BCUT2D eigenvalue weighted by Crippen LogP contribution is -2.57. The van der Waals surface area contributed by atoms with E-state index in [1.807, 2.05) is 0 Å². The van der Waals surface area contributed by atoms with E-state index >= 15 is 0 Å². The average molecular weight is 412 g/mol. The summed E-state index contributed by atoms with van der Waals surface area (Å²) in [6.45, 7) is 2.28. The van der Waals surface area contributed by atoms with Crippen molar-refractivity contribution in [3.8, 4) is 11.5 Å². The number of unbranched alkanes of at least 4 members (excludes halogenated alkanes) is 3. The molecule has 0 spiro atoms. The molecule has 2 aromatic carbocycles. The van der Waals surface area contributed by atoms with Crippen LogP contribution in [0.2, 0.25) is 0 Å². The highest BCUT2D eigenvalue weighted by atomic mass is 16.5. The molecule has 0 heterocycles. The topological polar surface area (TPSA) is 104 Å². The molecule has 1 fully saturated rings. The van der Waals surface area contributed by atoms with E-state index in [-0.39, 0.29) is 18.1 Å². The van der Waals surface area contributed by atoms with Crippen LogP contribution in [0.3, 0.4) is 0 Å². The van der Waals surface area contributed by atoms with Crippen LogP contribution in [-0.2, 0) is 14.3 Å². The molecule has 2 atom stereocenters. The third-order valence-electron chi connectivity index (χ3n) is 6.08. The molecule has 160 valence electrons. The van der Waals surface area contributed by atoms with Gasteiger partial charge in [-0.1, -0.05) is 50.5 Å². The summed E-state index contributed by atoms with van der Waals surface area (Å²) in [6, 6.07) is 12.6. The first-order valence-corrected chi connectivity index (χ1v) is 10.4. The number of ether oxygens (including phenoxy) is 1. The lowest BCUT2D eigenvalue weighted by molar-refractivity contribution is -0.181. The van der Waals surface area contributed by atoms with Crippen molar-refractivity contribution in [2.24, 2.45) is 5.41 Å². The molecule has 0 amide bonds. The highest BCUT2D eigenvalue weighted by Gasteiger charge is 2.67. The third kappa shape index (κ3) is 3.99. The number of carboxylic acid groups (broad SMARTS) is 1. The monoisotopic (exact) mass is 412 g/mol. The fourth-order valence-electron chi connectivity index (χ4n) is 4.38. The third-order valence-corrected chi connectivity index (χ3v) is 6.08. The second kappa shape index (κ2) is 9.20. The van der Waals surface area contributed by atoms with E-state index in [9.17, 15) is 24.9 Å². The maximum absolute atomic E-state index is 13.2. The predicted molar refractivity (Wildman–Crippen MR) is 111 cm³/mol. The molecule has 1 aliphatic carbocycles. The molecule has 2 aromatic rings. The van der Waals surface area contributed by atoms with Crippen molar-refractivity contribution in [2.75, 3.05) is 6.61 Å². The molecule has 0 saturated heterocycles. The zero-order chi connectivity index (χ0) is 21.7. The first-order chi connectivity index (χ1) is 14.4. The fraction of sp³-hybridized carbons (Fsp3) is 0.417. The van der Waals surface area contributed by atoms with Crippen molar-refractivity contribution in [1.29, 1.82) is 0 Å². The number of aromatic hydroxyl groups is 2. The van der Waals surface area contributed by atoms with Gasteiger partial charge in [0.2, 0.25) is 0 Å². The summed E-state index contributed by atoms with van der Waals surface area (Å²) < 4.78 is 5.49. The second-order valence-electron chi connectivity index (χ2n) is 7.89. The molecule has 3 N–H and O–H groups in total. The zero-order valence-corrected chi connectivity index (χ0v) is 17.1. The number of rotatable bonds is 9. The maximum Gasteiger partial charge on any atom is 0.324 e. The van der Waals surface area contributed by atoms with Gasteiger partial charge in [0.15, 0.2) is 5.41 Å². The van der Waals surface area contributed by atoms with Crippen LogP contribution in [0, 0.1) is 5.41 Å². The molecule has 0 aliphatic heterocycles. The number of carboxylic acids is 1. The van der Waals surface area contributed by atoms with Crippen molar-refractivity contribution >= 4 is 11.9 Å². The second-order valence-corrected chi connectivity index (χ2v) is 7.89. The van der Waals surface area contributed by atoms with Gasteiger partial charge in [-0.05, 0) is 48.2 Å². The molecule has 1 aliphatic rings. The minimum Gasteiger partial charge on any atom is -0.508 e. The summed E-state index contributed by atoms with van der Waals surface area (Å²) in [5.74, 6) is -2.94. The Morgan fingerprint density at radius 3 is 1.83 bits per heavy atom. The summed E-state index contributed by atoms with van der Waals surface area (Å²) in [7, 11) is 0. The van der Waals surface area contributed by atoms with Gasteiger partial charge in [-0.2, -0.15) is 0 Å². The van der Waals surface area contributed by atoms with E-state index < -0.39 is 29.2 Å². The van der Waals surface area contributed by atoms with E-state index in [2.05, 4.69) is 6.92 Å². The Hall–Kier alpha value is -3.02. The average Bonchev–Trinajstić information content (AvgIpc) is 2.70. The van der Waals surface area contributed by atoms with Crippen LogP contribution in [0.25, 0.3) is 0 Å². The zero-order valence-electron chi connectivity index (χ0n) is 17.1. The number of phenolic OH excluding ortho intramolecular Hbond substituents is 2. The van der Waals surface area contributed by atoms with Gasteiger partial charge in [0.05, 0.1) is 6.61 Å². The van der Waals surface area contributed by atoms with Crippen molar-refractivity contribution in [2.45, 2.75) is 50.9 Å². The van der Waals surface area contributed by atoms with E-state index in [0.29, 0.717) is 24.0 Å². The van der Waals surface area contributed by atoms with Crippen LogP contribution in [0.5, 0.6) is 11.5 Å². The molecule has 30 heavy (non-hydrogen) atoms. The van der Waals surface area contributed by atoms with Crippen LogP contribution < -0.4 is 0 Å². The number of aliphatic carboxylic acids is 1. The lowest BCUT2D eigenvalue weighted by Gasteiger charge is -2.51. The Balaban J connectivity index is 1.93. The van der Waals surface area contributed by atoms with Crippen LogP contribution in [0.4, 0.5) is 0 Å². The van der Waals surface area contributed by atoms with Crippen LogP contribution in [-0.4, -0.2) is 33.9 Å². The number of hydrogen-bond donors (Lipinski definition) is 3. The summed E-state index contributed by atoms with van der Waals surface area (Å²) in [5.41, 5.74) is -0.403. The van der Waals surface area contributed by atoms with Gasteiger partial charge < -0.3 is 20.1 Å². The molecule has 2 unspecified atom stereocenters. The van der Waals surface area contributed by atoms with Gasteiger partial charge in [0.25, 0.3) is 0 Å². The highest BCUT2D eigenvalue weighted by molar-refractivity contribution is 6.03. The van der Waals surface area contributed by atoms with Gasteiger partial charge in [-0.15, -0.1) is 0 Å². The molecular formula is C24H28O6. The molecule has 0 radical (unpaired) electrons. The normalized spacial score (nSPS) is 22.8. The Labute approximate surface area is 176 Å². The fourth-order valence-corrected chi connectivity index (χ4v) is 4.38. The number of hydrogen-bond acceptors (Lipinski definition) is 5. The predicted octanol–water partition coefficient (Wildman–Crippen LogP) is 4.56. The Kier molecular flexibility index (Phi) is 6.65. The number of carbonyl (C=O) groups excluding carboxylic acids is 1. The van der Waals surface area contributed by atoms with E-state index in [1.165, 1.54) is 24.3 Å². The number of esters is 1. The van der Waals surface area contributed by atoms with E-state index in [4.69, 9.17) is 4.74 Å². The summed E-state index contributed by atoms with van der Waals surface area (Å²) in [4.78, 5) is 25.8. The van der Waals surface area contributed by atoms with Crippen LogP contribution >= 0.6 is 0 Å². The molecule has 0 aromatic heterocycles. The van der Waals surface area contributed by atoms with Gasteiger partial charge in [-0.3, -0.25) is 9.59 Å². The van der Waals surface area contributed by atoms with Gasteiger partial charge >= 0.3 is 11.9 Å². The standard InChI is InChI=1S/C24H28O6/c1-2-3-4-5-14-30-23(29)24(22(27)28)20(16-6-10-18(25)11-7-16)15-21(24)17-8-12-19(26)13-9-17/h6-13,20-21,25-26H,2-5,14-15H2,1H3,(H,27,28). The molecule has 1 saturated carbocycles. The molecule has 6 nitrogen and oxygen atoms in total. The minimum atomic E-state index is -1.75. The van der Waals surface area contributed by atoms with E-state index in [1.54, 1.807) is 24.3 Å². The minimum absolute atomic E-state index is 0.0765.